The van der Waals surface area contributed by atoms with Gasteiger partial charge in [0.25, 0.3) is 0 Å². The number of β-amino-alcohol motifs (C(OH)–C–C–N with tert-alkyl or cyclic N) is 1. The molecule has 6 nitrogen and oxygen atoms in total. The third-order valence-corrected chi connectivity index (χ3v) is 7.21. The molecule has 0 spiro atoms. The van der Waals surface area contributed by atoms with Crippen LogP contribution in [0, 0.1) is 6.92 Å². The smallest absolute Gasteiger partial charge is 0.140 e. The van der Waals surface area contributed by atoms with Gasteiger partial charge < -0.3 is 9.84 Å². The van der Waals surface area contributed by atoms with Gasteiger partial charge in [0.05, 0.1) is 12.1 Å². The molecule has 174 valence electrons. The zero-order chi connectivity index (χ0) is 23.3. The van der Waals surface area contributed by atoms with Crippen molar-refractivity contribution in [1.29, 1.82) is 0 Å². The number of rotatable bonds is 5. The van der Waals surface area contributed by atoms with Gasteiger partial charge in [-0.1, -0.05) is 37.0 Å². The third-order valence-electron chi connectivity index (χ3n) is 6.65. The largest absolute Gasteiger partial charge is 0.484 e. The molecular weight excluding hydrogens is 459 g/mol. The maximum absolute atomic E-state index is 10.1. The number of likely N-dealkylation sites (tertiary alicyclic amines) is 1. The molecular formula is C25H28Cl2N4O2. The van der Waals surface area contributed by atoms with E-state index in [4.69, 9.17) is 27.9 Å². The van der Waals surface area contributed by atoms with Crippen molar-refractivity contribution >= 4 is 23.2 Å². The molecule has 0 bridgehead atoms. The minimum atomic E-state index is -0.296. The average Bonchev–Trinajstić information content (AvgIpc) is 3.46. The van der Waals surface area contributed by atoms with Gasteiger partial charge >= 0.3 is 0 Å². The topological polar surface area (TPSA) is 63.4 Å². The lowest BCUT2D eigenvalue weighted by atomic mass is 10.1. The Morgan fingerprint density at radius 1 is 1.12 bits per heavy atom. The lowest BCUT2D eigenvalue weighted by Gasteiger charge is -2.30. The second kappa shape index (κ2) is 8.91. The van der Waals surface area contributed by atoms with Crippen molar-refractivity contribution in [2.45, 2.75) is 57.8 Å². The van der Waals surface area contributed by atoms with Crippen molar-refractivity contribution in [2.24, 2.45) is 0 Å². The Bertz CT molecular complexity index is 1160. The fourth-order valence-corrected chi connectivity index (χ4v) is 5.63. The molecule has 33 heavy (non-hydrogen) atoms. The van der Waals surface area contributed by atoms with Crippen LogP contribution in [0.5, 0.6) is 5.75 Å². The quantitative estimate of drug-likeness (QED) is 0.542. The van der Waals surface area contributed by atoms with Gasteiger partial charge in [-0.15, -0.1) is 10.2 Å². The highest BCUT2D eigenvalue weighted by Gasteiger charge is 2.41. The maximum atomic E-state index is 10.1. The molecule has 0 amide bonds. The van der Waals surface area contributed by atoms with E-state index in [0.29, 0.717) is 16.6 Å². The number of ether oxygens (including phenoxy) is 1. The summed E-state index contributed by atoms with van der Waals surface area (Å²) in [6.07, 6.45) is 1.04. The van der Waals surface area contributed by atoms with Gasteiger partial charge in [0.2, 0.25) is 0 Å². The monoisotopic (exact) mass is 486 g/mol. The fourth-order valence-electron chi connectivity index (χ4n) is 5.04. The molecule has 2 aromatic carbocycles. The Balaban J connectivity index is 1.45. The molecule has 0 saturated carbocycles. The fraction of sp³-hybridized carbons (Fsp3) is 0.440. The van der Waals surface area contributed by atoms with E-state index >= 15 is 0 Å². The van der Waals surface area contributed by atoms with Crippen LogP contribution in [0.25, 0.3) is 5.69 Å². The number of nitrogens with zero attached hydrogens (tertiary/aromatic N) is 4. The SMILES string of the molecule is Cc1nnc(C(C)C)n1-c1ccc(O[C@@H]2c3cc(Cl)cc(Cl)c3C[C@H]2N2CC[C@@H](O)C2)cc1. The number of hydrogen-bond acceptors (Lipinski definition) is 5. The molecule has 1 aliphatic heterocycles. The average molecular weight is 487 g/mol. The highest BCUT2D eigenvalue weighted by molar-refractivity contribution is 6.35. The number of fused-ring (bicyclic) bond motifs is 1. The van der Waals surface area contributed by atoms with E-state index in [2.05, 4.69) is 33.5 Å². The summed E-state index contributed by atoms with van der Waals surface area (Å²) in [5.41, 5.74) is 3.11. The van der Waals surface area contributed by atoms with Crippen LogP contribution >= 0.6 is 23.2 Å². The summed E-state index contributed by atoms with van der Waals surface area (Å²) >= 11 is 12.9. The summed E-state index contributed by atoms with van der Waals surface area (Å²) in [5.74, 6) is 2.83. The van der Waals surface area contributed by atoms with Gasteiger partial charge in [0, 0.05) is 40.3 Å². The number of aliphatic hydroxyl groups is 1. The minimum absolute atomic E-state index is 0.0976. The van der Waals surface area contributed by atoms with Crippen molar-refractivity contribution in [3.05, 3.63) is 69.2 Å². The van der Waals surface area contributed by atoms with Crippen LogP contribution in [0.2, 0.25) is 10.0 Å². The predicted molar refractivity (Wildman–Crippen MR) is 130 cm³/mol. The summed E-state index contributed by atoms with van der Waals surface area (Å²) in [4.78, 5) is 2.31. The van der Waals surface area contributed by atoms with Gasteiger partial charge in [0.1, 0.15) is 23.5 Å². The van der Waals surface area contributed by atoms with E-state index < -0.39 is 0 Å². The molecule has 1 aliphatic carbocycles. The second-order valence-corrected chi connectivity index (χ2v) is 10.1. The molecule has 2 aliphatic rings. The van der Waals surface area contributed by atoms with Crippen molar-refractivity contribution in [3.8, 4) is 11.4 Å². The zero-order valence-corrected chi connectivity index (χ0v) is 20.5. The number of hydrogen-bond donors (Lipinski definition) is 1. The van der Waals surface area contributed by atoms with Crippen LogP contribution in [-0.4, -0.2) is 50.0 Å². The van der Waals surface area contributed by atoms with Crippen LogP contribution in [-0.2, 0) is 6.42 Å². The lowest BCUT2D eigenvalue weighted by molar-refractivity contribution is 0.0818. The second-order valence-electron chi connectivity index (χ2n) is 9.29. The summed E-state index contributed by atoms with van der Waals surface area (Å²) < 4.78 is 8.65. The van der Waals surface area contributed by atoms with E-state index in [-0.39, 0.29) is 24.2 Å². The number of benzene rings is 2. The normalized spacial score (nSPS) is 22.8. The Hall–Kier alpha value is -2.12. The van der Waals surface area contributed by atoms with Gasteiger partial charge in [-0.3, -0.25) is 9.47 Å². The molecule has 3 aromatic rings. The van der Waals surface area contributed by atoms with Crippen molar-refractivity contribution in [3.63, 3.8) is 0 Å². The molecule has 0 unspecified atom stereocenters. The van der Waals surface area contributed by atoms with Crippen LogP contribution in [0.4, 0.5) is 0 Å². The van der Waals surface area contributed by atoms with Crippen LogP contribution in [0.15, 0.2) is 36.4 Å². The molecule has 1 saturated heterocycles. The van der Waals surface area contributed by atoms with Gasteiger partial charge in [0.15, 0.2) is 0 Å². The van der Waals surface area contributed by atoms with Crippen LogP contribution < -0.4 is 4.74 Å². The van der Waals surface area contributed by atoms with E-state index in [1.165, 1.54) is 0 Å². The Morgan fingerprint density at radius 2 is 1.88 bits per heavy atom. The molecule has 8 heteroatoms. The van der Waals surface area contributed by atoms with Gasteiger partial charge in [-0.05, 0) is 61.7 Å². The maximum Gasteiger partial charge on any atom is 0.140 e. The Morgan fingerprint density at radius 3 is 2.55 bits per heavy atom. The molecule has 1 N–H and O–H groups in total. The highest BCUT2D eigenvalue weighted by Crippen LogP contribution is 2.43. The van der Waals surface area contributed by atoms with Crippen LogP contribution in [0.1, 0.15) is 55.1 Å². The first-order chi connectivity index (χ1) is 15.8. The van der Waals surface area contributed by atoms with Gasteiger partial charge in [-0.2, -0.15) is 0 Å². The summed E-state index contributed by atoms with van der Waals surface area (Å²) in [7, 11) is 0. The van der Waals surface area contributed by atoms with Crippen molar-refractivity contribution in [1.82, 2.24) is 19.7 Å². The summed E-state index contributed by atoms with van der Waals surface area (Å²) in [6, 6.07) is 11.9. The number of halogens is 2. The molecule has 2 heterocycles. The highest BCUT2D eigenvalue weighted by atomic mass is 35.5. The lowest BCUT2D eigenvalue weighted by Crippen LogP contribution is -2.39. The Labute approximate surface area is 204 Å². The summed E-state index contributed by atoms with van der Waals surface area (Å²) in [6.45, 7) is 7.67. The number of aryl methyl sites for hydroxylation is 1. The third kappa shape index (κ3) is 4.26. The molecule has 5 rings (SSSR count). The molecule has 0 radical (unpaired) electrons. The first kappa shape index (κ1) is 22.7. The zero-order valence-electron chi connectivity index (χ0n) is 19.0. The van der Waals surface area contributed by atoms with Crippen molar-refractivity contribution < 1.29 is 9.84 Å². The first-order valence-corrected chi connectivity index (χ1v) is 12.2. The van der Waals surface area contributed by atoms with E-state index in [1.54, 1.807) is 6.07 Å². The Kier molecular flexibility index (Phi) is 6.12. The predicted octanol–water partition coefficient (Wildman–Crippen LogP) is 5.12. The van der Waals surface area contributed by atoms with E-state index in [1.807, 2.05) is 37.3 Å². The minimum Gasteiger partial charge on any atom is -0.484 e. The number of aliphatic hydroxyl groups excluding tert-OH is 1. The standard InChI is InChI=1S/C25H28Cl2N4O2/c1-14(2)25-29-28-15(3)31(25)17-4-6-19(7-5-17)33-24-21-10-16(26)11-22(27)20(21)12-23(24)30-9-8-18(32)13-30/h4-7,10-11,14,18,23-24,32H,8-9,12-13H2,1-3H3/t18-,23-,24-/m1/s1. The number of aromatic nitrogens is 3. The van der Waals surface area contributed by atoms with Crippen LogP contribution in [0.3, 0.4) is 0 Å². The van der Waals surface area contributed by atoms with E-state index in [9.17, 15) is 5.11 Å². The van der Waals surface area contributed by atoms with Gasteiger partial charge in [-0.25, -0.2) is 0 Å². The molecule has 3 atom stereocenters. The molecule has 1 aromatic heterocycles. The first-order valence-electron chi connectivity index (χ1n) is 11.4. The van der Waals surface area contributed by atoms with Crippen molar-refractivity contribution in [2.75, 3.05) is 13.1 Å². The van der Waals surface area contributed by atoms with E-state index in [0.717, 1.165) is 53.6 Å². The summed E-state index contributed by atoms with van der Waals surface area (Å²) in [5, 5.41) is 20.0. The molecule has 1 fully saturated rings.